The molecule has 1 amide bonds. The van der Waals surface area contributed by atoms with Crippen LogP contribution in [0.1, 0.15) is 0 Å². The molecule has 98 valence electrons. The molecule has 1 aromatic carbocycles. The monoisotopic (exact) mass is 278 g/mol. The molecular formula is C12H11FN4OS. The Hall–Kier alpha value is -2.15. The van der Waals surface area contributed by atoms with Crippen molar-refractivity contribution in [2.45, 2.75) is 5.03 Å². The smallest absolute Gasteiger partial charge is 0.234 e. The van der Waals surface area contributed by atoms with Gasteiger partial charge in [-0.15, -0.1) is 0 Å². The number of hydrogen-bond acceptors (Lipinski definition) is 5. The van der Waals surface area contributed by atoms with Crippen molar-refractivity contribution in [2.75, 3.05) is 16.8 Å². The third-order valence-corrected chi connectivity index (χ3v) is 3.07. The summed E-state index contributed by atoms with van der Waals surface area (Å²) in [7, 11) is 0. The number of thioether (sulfide) groups is 1. The highest BCUT2D eigenvalue weighted by Crippen LogP contribution is 2.18. The number of nitrogens with zero attached hydrogens (tertiary/aromatic N) is 2. The summed E-state index contributed by atoms with van der Waals surface area (Å²) in [4.78, 5) is 19.6. The van der Waals surface area contributed by atoms with Crippen LogP contribution in [-0.2, 0) is 4.79 Å². The fourth-order valence-electron chi connectivity index (χ4n) is 1.32. The van der Waals surface area contributed by atoms with Gasteiger partial charge in [-0.25, -0.2) is 9.37 Å². The number of carbonyl (C=O) groups is 1. The van der Waals surface area contributed by atoms with E-state index in [-0.39, 0.29) is 17.3 Å². The number of halogens is 1. The van der Waals surface area contributed by atoms with Crippen LogP contribution in [0.25, 0.3) is 0 Å². The van der Waals surface area contributed by atoms with Crippen LogP contribution in [0.5, 0.6) is 0 Å². The summed E-state index contributed by atoms with van der Waals surface area (Å²) in [6.45, 7) is 0. The standard InChI is InChI=1S/C12H11FN4OS/c13-9-2-1-8(14)5-10(9)17-11(18)7-19-12-6-15-3-4-16-12/h1-6H,7,14H2,(H,17,18). The first-order valence-corrected chi connectivity index (χ1v) is 6.37. The molecule has 0 aliphatic heterocycles. The molecule has 0 saturated heterocycles. The van der Waals surface area contributed by atoms with Crippen LogP contribution in [0.2, 0.25) is 0 Å². The van der Waals surface area contributed by atoms with E-state index in [1.165, 1.54) is 36.2 Å². The van der Waals surface area contributed by atoms with Gasteiger partial charge < -0.3 is 11.1 Å². The highest BCUT2D eigenvalue weighted by atomic mass is 32.2. The molecule has 0 spiro atoms. The zero-order valence-corrected chi connectivity index (χ0v) is 10.7. The van der Waals surface area contributed by atoms with Gasteiger partial charge in [-0.3, -0.25) is 9.78 Å². The maximum atomic E-state index is 13.4. The van der Waals surface area contributed by atoms with Crippen LogP contribution >= 0.6 is 11.8 Å². The number of carbonyl (C=O) groups excluding carboxylic acids is 1. The van der Waals surface area contributed by atoms with E-state index in [1.54, 1.807) is 12.4 Å². The second-order valence-electron chi connectivity index (χ2n) is 3.62. The molecule has 0 unspecified atom stereocenters. The zero-order chi connectivity index (χ0) is 13.7. The number of aromatic nitrogens is 2. The lowest BCUT2D eigenvalue weighted by molar-refractivity contribution is -0.113. The van der Waals surface area contributed by atoms with Crippen LogP contribution in [0.15, 0.2) is 41.8 Å². The average molecular weight is 278 g/mol. The minimum atomic E-state index is -0.521. The third-order valence-electron chi connectivity index (χ3n) is 2.16. The fraction of sp³-hybridized carbons (Fsp3) is 0.0833. The van der Waals surface area contributed by atoms with Crippen LogP contribution < -0.4 is 11.1 Å². The van der Waals surface area contributed by atoms with Gasteiger partial charge in [0.1, 0.15) is 10.8 Å². The van der Waals surface area contributed by atoms with Crippen LogP contribution in [-0.4, -0.2) is 21.6 Å². The van der Waals surface area contributed by atoms with Crippen molar-refractivity contribution >= 4 is 29.0 Å². The van der Waals surface area contributed by atoms with Crippen molar-refractivity contribution in [1.29, 1.82) is 0 Å². The summed E-state index contributed by atoms with van der Waals surface area (Å²) in [5.41, 5.74) is 5.99. The Kier molecular flexibility index (Phi) is 4.30. The maximum absolute atomic E-state index is 13.4. The number of nitrogen functional groups attached to an aromatic ring is 1. The minimum absolute atomic E-state index is 0.0738. The number of hydrogen-bond donors (Lipinski definition) is 2. The molecule has 3 N–H and O–H groups in total. The summed E-state index contributed by atoms with van der Waals surface area (Å²) in [5.74, 6) is -0.736. The number of amides is 1. The van der Waals surface area contributed by atoms with Crippen LogP contribution in [0.3, 0.4) is 0 Å². The largest absolute Gasteiger partial charge is 0.399 e. The summed E-state index contributed by atoms with van der Waals surface area (Å²) in [5, 5.41) is 3.09. The van der Waals surface area contributed by atoms with E-state index in [0.29, 0.717) is 10.7 Å². The topological polar surface area (TPSA) is 80.9 Å². The van der Waals surface area contributed by atoms with Gasteiger partial charge in [0.25, 0.3) is 0 Å². The minimum Gasteiger partial charge on any atom is -0.399 e. The lowest BCUT2D eigenvalue weighted by Crippen LogP contribution is -2.15. The van der Waals surface area contributed by atoms with Gasteiger partial charge in [0.2, 0.25) is 5.91 Å². The van der Waals surface area contributed by atoms with E-state index < -0.39 is 5.82 Å². The normalized spacial score (nSPS) is 10.2. The van der Waals surface area contributed by atoms with Gasteiger partial charge >= 0.3 is 0 Å². The molecule has 0 atom stereocenters. The van der Waals surface area contributed by atoms with Crippen molar-refractivity contribution in [1.82, 2.24) is 9.97 Å². The molecule has 19 heavy (non-hydrogen) atoms. The number of nitrogens with one attached hydrogen (secondary N) is 1. The van der Waals surface area contributed by atoms with Crippen molar-refractivity contribution in [2.24, 2.45) is 0 Å². The van der Waals surface area contributed by atoms with Gasteiger partial charge in [-0.05, 0) is 18.2 Å². The Morgan fingerprint density at radius 2 is 2.26 bits per heavy atom. The van der Waals surface area contributed by atoms with Gasteiger partial charge in [0.05, 0.1) is 17.6 Å². The number of benzene rings is 1. The van der Waals surface area contributed by atoms with Crippen LogP contribution in [0, 0.1) is 5.82 Å². The molecule has 7 heteroatoms. The number of rotatable bonds is 4. The Balaban J connectivity index is 1.93. The number of anilines is 2. The number of nitrogens with two attached hydrogens (primary N) is 1. The lowest BCUT2D eigenvalue weighted by Gasteiger charge is -2.06. The van der Waals surface area contributed by atoms with Crippen molar-refractivity contribution < 1.29 is 9.18 Å². The molecule has 0 bridgehead atoms. The van der Waals surface area contributed by atoms with E-state index >= 15 is 0 Å². The predicted octanol–water partition coefficient (Wildman–Crippen LogP) is 1.93. The zero-order valence-electron chi connectivity index (χ0n) is 9.84. The Morgan fingerprint density at radius 1 is 1.42 bits per heavy atom. The van der Waals surface area contributed by atoms with E-state index in [1.807, 2.05) is 0 Å². The summed E-state index contributed by atoms with van der Waals surface area (Å²) in [6, 6.07) is 4.01. The molecule has 1 heterocycles. The molecule has 0 aliphatic rings. The van der Waals surface area contributed by atoms with Gasteiger partial charge in [0, 0.05) is 18.1 Å². The average Bonchev–Trinajstić information content (AvgIpc) is 2.42. The second-order valence-corrected chi connectivity index (χ2v) is 4.62. The molecule has 5 nitrogen and oxygen atoms in total. The maximum Gasteiger partial charge on any atom is 0.234 e. The first kappa shape index (κ1) is 13.3. The molecule has 2 aromatic rings. The first-order valence-electron chi connectivity index (χ1n) is 5.39. The summed E-state index contributed by atoms with van der Waals surface area (Å²) < 4.78 is 13.4. The Morgan fingerprint density at radius 3 is 3.00 bits per heavy atom. The highest BCUT2D eigenvalue weighted by molar-refractivity contribution is 7.99. The lowest BCUT2D eigenvalue weighted by atomic mass is 10.2. The molecule has 0 aliphatic carbocycles. The highest BCUT2D eigenvalue weighted by Gasteiger charge is 2.08. The van der Waals surface area contributed by atoms with Gasteiger partial charge in [-0.1, -0.05) is 11.8 Å². The van der Waals surface area contributed by atoms with Gasteiger partial charge in [-0.2, -0.15) is 0 Å². The van der Waals surface area contributed by atoms with Crippen LogP contribution in [0.4, 0.5) is 15.8 Å². The Labute approximate surface area is 113 Å². The molecule has 0 saturated carbocycles. The van der Waals surface area contributed by atoms with E-state index in [4.69, 9.17) is 5.73 Å². The van der Waals surface area contributed by atoms with Crippen molar-refractivity contribution in [3.05, 3.63) is 42.6 Å². The SMILES string of the molecule is Nc1ccc(F)c(NC(=O)CSc2cnccn2)c1. The Bertz CT molecular complexity index is 579. The molecule has 0 fully saturated rings. The van der Waals surface area contributed by atoms with Gasteiger partial charge in [0.15, 0.2) is 0 Å². The van der Waals surface area contributed by atoms with E-state index in [0.717, 1.165) is 0 Å². The van der Waals surface area contributed by atoms with Crippen molar-refractivity contribution in [3.63, 3.8) is 0 Å². The quantitative estimate of drug-likeness (QED) is 0.659. The first-order chi connectivity index (χ1) is 9.15. The molecule has 2 rings (SSSR count). The van der Waals surface area contributed by atoms with Crippen molar-refractivity contribution in [3.8, 4) is 0 Å². The summed E-state index contributed by atoms with van der Waals surface area (Å²) >= 11 is 1.22. The predicted molar refractivity (Wildman–Crippen MR) is 72.2 cm³/mol. The molecule has 1 aromatic heterocycles. The second kappa shape index (κ2) is 6.14. The van der Waals surface area contributed by atoms with E-state index in [9.17, 15) is 9.18 Å². The fourth-order valence-corrected chi connectivity index (χ4v) is 1.95. The third kappa shape index (κ3) is 3.92. The molecular weight excluding hydrogens is 267 g/mol. The molecule has 0 radical (unpaired) electrons. The summed E-state index contributed by atoms with van der Waals surface area (Å²) in [6.07, 6.45) is 4.64. The van der Waals surface area contributed by atoms with E-state index in [2.05, 4.69) is 15.3 Å².